The summed E-state index contributed by atoms with van der Waals surface area (Å²) in [5.74, 6) is 0. The van der Waals surface area contributed by atoms with Crippen molar-refractivity contribution in [3.05, 3.63) is 9.15 Å². The zero-order valence-corrected chi connectivity index (χ0v) is 11.5. The van der Waals surface area contributed by atoms with Gasteiger partial charge in [0.25, 0.3) is 0 Å². The van der Waals surface area contributed by atoms with E-state index in [-0.39, 0.29) is 0 Å². The van der Waals surface area contributed by atoms with Gasteiger partial charge in [-0.05, 0) is 58.3 Å². The number of rotatable bonds is 7. The largest absolute Gasteiger partial charge is 0.0654 e. The molecule has 0 aromatic heterocycles. The van der Waals surface area contributed by atoms with Crippen molar-refractivity contribution >= 4 is 22.6 Å². The topological polar surface area (TPSA) is 0 Å². The Kier molecular flexibility index (Phi) is 9.37. The van der Waals surface area contributed by atoms with Gasteiger partial charge in [0.15, 0.2) is 0 Å². The van der Waals surface area contributed by atoms with E-state index in [1.54, 1.807) is 9.15 Å². The zero-order chi connectivity index (χ0) is 10.1. The lowest BCUT2D eigenvalue weighted by atomic mass is 10.0. The van der Waals surface area contributed by atoms with E-state index in [9.17, 15) is 0 Å². The quantitative estimate of drug-likeness (QED) is 0.546. The second-order valence-electron chi connectivity index (χ2n) is 3.57. The molecule has 1 heteroatoms. The van der Waals surface area contributed by atoms with E-state index in [1.165, 1.54) is 44.9 Å². The lowest BCUT2D eigenvalue weighted by Gasteiger charge is -2.08. The van der Waals surface area contributed by atoms with Crippen molar-refractivity contribution in [3.8, 4) is 0 Å². The van der Waals surface area contributed by atoms with Gasteiger partial charge in [-0.25, -0.2) is 0 Å². The first kappa shape index (κ1) is 13.5. The average molecular weight is 294 g/mol. The first-order chi connectivity index (χ1) is 6.26. The standard InChI is InChI=1S/C12H23I/c1-4-7-9-11(6-3)12(13)10-8-5-2/h4-10H2,1-3H3/b12-11+. The van der Waals surface area contributed by atoms with Gasteiger partial charge >= 0.3 is 0 Å². The SMILES string of the molecule is CCCC/C(I)=C(/CC)CCCC. The monoisotopic (exact) mass is 294 g/mol. The fraction of sp³-hybridized carbons (Fsp3) is 0.833. The average Bonchev–Trinajstić information content (AvgIpc) is 2.16. The van der Waals surface area contributed by atoms with Crippen LogP contribution in [0.3, 0.4) is 0 Å². The van der Waals surface area contributed by atoms with Crippen LogP contribution in [-0.4, -0.2) is 0 Å². The lowest BCUT2D eigenvalue weighted by molar-refractivity contribution is 0.747. The molecule has 0 aromatic carbocycles. The summed E-state index contributed by atoms with van der Waals surface area (Å²) >= 11 is 2.55. The highest BCUT2D eigenvalue weighted by Crippen LogP contribution is 2.25. The van der Waals surface area contributed by atoms with Gasteiger partial charge in [-0.15, -0.1) is 0 Å². The van der Waals surface area contributed by atoms with Crippen LogP contribution < -0.4 is 0 Å². The highest BCUT2D eigenvalue weighted by molar-refractivity contribution is 14.1. The maximum Gasteiger partial charge on any atom is -0.0102 e. The van der Waals surface area contributed by atoms with E-state index in [4.69, 9.17) is 0 Å². The molecular weight excluding hydrogens is 271 g/mol. The molecule has 0 atom stereocenters. The van der Waals surface area contributed by atoms with Crippen molar-refractivity contribution in [1.82, 2.24) is 0 Å². The maximum absolute atomic E-state index is 2.55. The van der Waals surface area contributed by atoms with Gasteiger partial charge < -0.3 is 0 Å². The molecule has 0 radical (unpaired) electrons. The molecule has 13 heavy (non-hydrogen) atoms. The molecule has 0 aromatic rings. The predicted octanol–water partition coefficient (Wildman–Crippen LogP) is 5.47. The Bertz CT molecular complexity index is 147. The minimum atomic E-state index is 1.25. The van der Waals surface area contributed by atoms with Crippen LogP contribution in [0.2, 0.25) is 0 Å². The normalized spacial score (nSPS) is 12.9. The summed E-state index contributed by atoms with van der Waals surface area (Å²) in [5.41, 5.74) is 1.70. The zero-order valence-electron chi connectivity index (χ0n) is 9.33. The van der Waals surface area contributed by atoms with Gasteiger partial charge in [0.2, 0.25) is 0 Å². The summed E-state index contributed by atoms with van der Waals surface area (Å²) in [7, 11) is 0. The first-order valence-corrected chi connectivity index (χ1v) is 6.70. The van der Waals surface area contributed by atoms with Crippen molar-refractivity contribution in [2.75, 3.05) is 0 Å². The summed E-state index contributed by atoms with van der Waals surface area (Å²) in [4.78, 5) is 0. The van der Waals surface area contributed by atoms with Crippen molar-refractivity contribution in [2.24, 2.45) is 0 Å². The molecular formula is C12H23I. The summed E-state index contributed by atoms with van der Waals surface area (Å²) < 4.78 is 1.63. The first-order valence-electron chi connectivity index (χ1n) is 5.62. The third-order valence-electron chi connectivity index (χ3n) is 2.39. The minimum Gasteiger partial charge on any atom is -0.0654 e. The van der Waals surface area contributed by atoms with Crippen LogP contribution in [0.5, 0.6) is 0 Å². The molecule has 78 valence electrons. The predicted molar refractivity (Wildman–Crippen MR) is 70.4 cm³/mol. The highest BCUT2D eigenvalue weighted by Gasteiger charge is 2.01. The molecule has 0 N–H and O–H groups in total. The number of unbranched alkanes of at least 4 members (excludes halogenated alkanes) is 2. The Labute approximate surface area is 97.3 Å². The van der Waals surface area contributed by atoms with Crippen molar-refractivity contribution in [2.45, 2.75) is 65.7 Å². The van der Waals surface area contributed by atoms with Crippen LogP contribution in [0.25, 0.3) is 0 Å². The Morgan fingerprint density at radius 2 is 1.46 bits per heavy atom. The molecule has 0 amide bonds. The van der Waals surface area contributed by atoms with Gasteiger partial charge in [0.1, 0.15) is 0 Å². The van der Waals surface area contributed by atoms with Crippen LogP contribution in [0, 0.1) is 0 Å². The Morgan fingerprint density at radius 1 is 0.923 bits per heavy atom. The van der Waals surface area contributed by atoms with Gasteiger partial charge in [0.05, 0.1) is 0 Å². The molecule has 0 aliphatic carbocycles. The third kappa shape index (κ3) is 6.53. The molecule has 0 spiro atoms. The molecule has 0 saturated heterocycles. The van der Waals surface area contributed by atoms with Crippen molar-refractivity contribution in [1.29, 1.82) is 0 Å². The molecule has 0 fully saturated rings. The molecule has 0 rings (SSSR count). The summed E-state index contributed by atoms with van der Waals surface area (Å²) in [6.45, 7) is 6.82. The number of hydrogen-bond acceptors (Lipinski definition) is 0. The van der Waals surface area contributed by atoms with Gasteiger partial charge in [-0.1, -0.05) is 39.2 Å². The smallest absolute Gasteiger partial charge is 0.0102 e. The number of halogens is 1. The van der Waals surface area contributed by atoms with E-state index in [0.717, 1.165) is 0 Å². The second-order valence-corrected chi connectivity index (χ2v) is 4.87. The molecule has 0 aliphatic heterocycles. The van der Waals surface area contributed by atoms with Crippen molar-refractivity contribution in [3.63, 3.8) is 0 Å². The Morgan fingerprint density at radius 3 is 1.92 bits per heavy atom. The van der Waals surface area contributed by atoms with E-state index in [1.807, 2.05) is 0 Å². The van der Waals surface area contributed by atoms with Crippen LogP contribution >= 0.6 is 22.6 Å². The Hall–Kier alpha value is 0.470. The minimum absolute atomic E-state index is 1.25. The van der Waals surface area contributed by atoms with Gasteiger partial charge in [0, 0.05) is 0 Å². The van der Waals surface area contributed by atoms with Crippen LogP contribution in [0.1, 0.15) is 65.7 Å². The molecule has 0 unspecified atom stereocenters. The van der Waals surface area contributed by atoms with Gasteiger partial charge in [-0.2, -0.15) is 0 Å². The maximum atomic E-state index is 2.55. The van der Waals surface area contributed by atoms with Crippen LogP contribution in [-0.2, 0) is 0 Å². The molecule has 0 aliphatic rings. The second kappa shape index (κ2) is 9.04. The lowest BCUT2D eigenvalue weighted by Crippen LogP contribution is -1.87. The van der Waals surface area contributed by atoms with Crippen LogP contribution in [0.4, 0.5) is 0 Å². The van der Waals surface area contributed by atoms with Crippen molar-refractivity contribution < 1.29 is 0 Å². The highest BCUT2D eigenvalue weighted by atomic mass is 127. The Balaban J connectivity index is 3.97. The number of allylic oxidation sites excluding steroid dienone is 2. The fourth-order valence-corrected chi connectivity index (χ4v) is 2.44. The summed E-state index contributed by atoms with van der Waals surface area (Å²) in [5, 5.41) is 0. The van der Waals surface area contributed by atoms with E-state index >= 15 is 0 Å². The van der Waals surface area contributed by atoms with Gasteiger partial charge in [-0.3, -0.25) is 0 Å². The molecule has 0 heterocycles. The molecule has 0 nitrogen and oxygen atoms in total. The number of hydrogen-bond donors (Lipinski definition) is 0. The summed E-state index contributed by atoms with van der Waals surface area (Å²) in [6, 6.07) is 0. The van der Waals surface area contributed by atoms with E-state index in [0.29, 0.717) is 0 Å². The summed E-state index contributed by atoms with van der Waals surface area (Å²) in [6.07, 6.45) is 9.25. The van der Waals surface area contributed by atoms with E-state index < -0.39 is 0 Å². The molecule has 0 saturated carbocycles. The molecule has 0 bridgehead atoms. The van der Waals surface area contributed by atoms with Crippen LogP contribution in [0.15, 0.2) is 9.15 Å². The van der Waals surface area contributed by atoms with E-state index in [2.05, 4.69) is 43.4 Å². The third-order valence-corrected chi connectivity index (χ3v) is 3.69. The fourth-order valence-electron chi connectivity index (χ4n) is 1.40.